The Hall–Kier alpha value is -1.75. The molecule has 20 heavy (non-hydrogen) atoms. The number of nitrogens with two attached hydrogens (primary N) is 1. The average molecular weight is 276 g/mol. The van der Waals surface area contributed by atoms with E-state index in [2.05, 4.69) is 30.9 Å². The van der Waals surface area contributed by atoms with E-state index >= 15 is 0 Å². The second-order valence-electron chi connectivity index (χ2n) is 5.68. The summed E-state index contributed by atoms with van der Waals surface area (Å²) in [6.45, 7) is 6.99. The lowest BCUT2D eigenvalue weighted by atomic mass is 10.2. The fraction of sp³-hybridized carbons (Fsp3) is 0.533. The van der Waals surface area contributed by atoms with E-state index in [1.54, 1.807) is 0 Å². The molecule has 0 radical (unpaired) electrons. The van der Waals surface area contributed by atoms with Gasteiger partial charge in [0.1, 0.15) is 11.3 Å². The van der Waals surface area contributed by atoms with Crippen molar-refractivity contribution >= 4 is 17.0 Å². The molecule has 0 aliphatic heterocycles. The van der Waals surface area contributed by atoms with Gasteiger partial charge in [0, 0.05) is 12.6 Å². The molecule has 0 saturated carbocycles. The maximum Gasteiger partial charge on any atom is 0.201 e. The summed E-state index contributed by atoms with van der Waals surface area (Å²) in [6.07, 6.45) is 0.118. The lowest BCUT2D eigenvalue weighted by Gasteiger charge is -2.21. The Labute approximate surface area is 120 Å². The molecule has 5 nitrogen and oxygen atoms in total. The van der Waals surface area contributed by atoms with Gasteiger partial charge < -0.3 is 19.9 Å². The number of ether oxygens (including phenoxy) is 1. The topological polar surface area (TPSA) is 56.3 Å². The Morgan fingerprint density at radius 3 is 2.60 bits per heavy atom. The summed E-state index contributed by atoms with van der Waals surface area (Å²) in [5, 5.41) is 0. The molecule has 0 amide bonds. The second kappa shape index (κ2) is 5.71. The predicted octanol–water partition coefficient (Wildman–Crippen LogP) is 2.36. The Morgan fingerprint density at radius 1 is 1.30 bits per heavy atom. The number of aromatic nitrogens is 2. The van der Waals surface area contributed by atoms with E-state index in [0.29, 0.717) is 12.0 Å². The van der Waals surface area contributed by atoms with Crippen LogP contribution in [-0.2, 0) is 6.54 Å². The smallest absolute Gasteiger partial charge is 0.201 e. The third kappa shape index (κ3) is 2.88. The fourth-order valence-electron chi connectivity index (χ4n) is 2.11. The van der Waals surface area contributed by atoms with Crippen LogP contribution in [0, 0.1) is 0 Å². The summed E-state index contributed by atoms with van der Waals surface area (Å²) < 4.78 is 7.86. The highest BCUT2D eigenvalue weighted by molar-refractivity contribution is 5.84. The zero-order valence-electron chi connectivity index (χ0n) is 12.9. The molecule has 5 heteroatoms. The van der Waals surface area contributed by atoms with Crippen LogP contribution in [0.15, 0.2) is 18.2 Å². The van der Waals surface area contributed by atoms with Crippen LogP contribution in [0.25, 0.3) is 11.0 Å². The summed E-state index contributed by atoms with van der Waals surface area (Å²) in [5.41, 5.74) is 7.94. The molecule has 2 N–H and O–H groups in total. The highest BCUT2D eigenvalue weighted by atomic mass is 16.5. The van der Waals surface area contributed by atoms with Gasteiger partial charge in [-0.25, -0.2) is 4.98 Å². The van der Waals surface area contributed by atoms with Gasteiger partial charge in [0.2, 0.25) is 5.95 Å². The summed E-state index contributed by atoms with van der Waals surface area (Å²) in [4.78, 5) is 6.64. The average Bonchev–Trinajstić information content (AvgIpc) is 2.67. The lowest BCUT2D eigenvalue weighted by Crippen LogP contribution is -2.29. The molecule has 0 fully saturated rings. The highest BCUT2D eigenvalue weighted by Gasteiger charge is 2.15. The van der Waals surface area contributed by atoms with Gasteiger partial charge in [-0.3, -0.25) is 0 Å². The highest BCUT2D eigenvalue weighted by Crippen LogP contribution is 2.28. The molecule has 0 aliphatic carbocycles. The Balaban J connectivity index is 2.44. The fourth-order valence-corrected chi connectivity index (χ4v) is 2.11. The van der Waals surface area contributed by atoms with Crippen LogP contribution in [0.5, 0.6) is 5.75 Å². The molecule has 1 aromatic heterocycles. The molecule has 110 valence electrons. The van der Waals surface area contributed by atoms with Crippen LogP contribution in [0.1, 0.15) is 20.8 Å². The molecule has 2 aromatic rings. The van der Waals surface area contributed by atoms with Crippen molar-refractivity contribution in [2.75, 3.05) is 19.8 Å². The second-order valence-corrected chi connectivity index (χ2v) is 5.68. The molecular weight excluding hydrogens is 252 g/mol. The molecule has 0 aliphatic rings. The van der Waals surface area contributed by atoms with E-state index in [1.807, 2.05) is 36.6 Å². The third-order valence-corrected chi connectivity index (χ3v) is 3.46. The van der Waals surface area contributed by atoms with E-state index in [1.165, 1.54) is 0 Å². The molecule has 0 bridgehead atoms. The molecule has 1 heterocycles. The number of hydrogen-bond acceptors (Lipinski definition) is 4. The maximum absolute atomic E-state index is 6.08. The summed E-state index contributed by atoms with van der Waals surface area (Å²) in [7, 11) is 4.13. The van der Waals surface area contributed by atoms with Crippen LogP contribution in [0.2, 0.25) is 0 Å². The zero-order valence-corrected chi connectivity index (χ0v) is 12.9. The summed E-state index contributed by atoms with van der Waals surface area (Å²) in [5.74, 6) is 1.33. The van der Waals surface area contributed by atoms with Crippen molar-refractivity contribution in [3.63, 3.8) is 0 Å². The molecule has 1 unspecified atom stereocenters. The minimum Gasteiger partial charge on any atom is -0.489 e. The third-order valence-electron chi connectivity index (χ3n) is 3.46. The number of rotatable bonds is 5. The number of imidazole rings is 1. The minimum atomic E-state index is 0.118. The van der Waals surface area contributed by atoms with Crippen molar-refractivity contribution < 1.29 is 4.74 Å². The van der Waals surface area contributed by atoms with Crippen LogP contribution in [0.4, 0.5) is 5.95 Å². The van der Waals surface area contributed by atoms with E-state index < -0.39 is 0 Å². The minimum absolute atomic E-state index is 0.118. The quantitative estimate of drug-likeness (QED) is 0.911. The van der Waals surface area contributed by atoms with Gasteiger partial charge in [0.15, 0.2) is 0 Å². The van der Waals surface area contributed by atoms with Crippen molar-refractivity contribution in [1.29, 1.82) is 0 Å². The van der Waals surface area contributed by atoms with Crippen molar-refractivity contribution in [3.05, 3.63) is 18.2 Å². The van der Waals surface area contributed by atoms with Gasteiger partial charge in [0.25, 0.3) is 0 Å². The number of benzene rings is 1. The Bertz CT molecular complexity index is 589. The van der Waals surface area contributed by atoms with Crippen molar-refractivity contribution in [2.24, 2.45) is 0 Å². The number of anilines is 1. The Kier molecular flexibility index (Phi) is 4.18. The zero-order chi connectivity index (χ0) is 14.9. The van der Waals surface area contributed by atoms with Crippen LogP contribution >= 0.6 is 0 Å². The summed E-state index contributed by atoms with van der Waals surface area (Å²) in [6, 6.07) is 6.34. The van der Waals surface area contributed by atoms with Gasteiger partial charge in [-0.2, -0.15) is 0 Å². The van der Waals surface area contributed by atoms with Gasteiger partial charge in [-0.15, -0.1) is 0 Å². The monoisotopic (exact) mass is 276 g/mol. The first kappa shape index (κ1) is 14.7. The van der Waals surface area contributed by atoms with Crippen LogP contribution in [0.3, 0.4) is 0 Å². The Morgan fingerprint density at radius 2 is 2.00 bits per heavy atom. The normalized spacial score (nSPS) is 13.3. The number of hydrogen-bond donors (Lipinski definition) is 1. The lowest BCUT2D eigenvalue weighted by molar-refractivity contribution is 0.245. The van der Waals surface area contributed by atoms with Gasteiger partial charge in [0.05, 0.1) is 11.6 Å². The molecule has 0 spiro atoms. The molecular formula is C15H24N4O. The van der Waals surface area contributed by atoms with Crippen molar-refractivity contribution in [3.8, 4) is 5.75 Å². The largest absolute Gasteiger partial charge is 0.489 e. The van der Waals surface area contributed by atoms with Crippen LogP contribution < -0.4 is 10.5 Å². The van der Waals surface area contributed by atoms with E-state index in [-0.39, 0.29) is 6.10 Å². The standard InChI is InChI=1S/C15H24N4O/c1-10(2)20-13-8-6-7-12-14(13)17-15(16)19(12)9-11(3)18(4)5/h6-8,10-11H,9H2,1-5H3,(H2,16,17). The number of nitrogen functional groups attached to an aromatic ring is 1. The molecule has 1 aromatic carbocycles. The van der Waals surface area contributed by atoms with E-state index in [0.717, 1.165) is 23.3 Å². The summed E-state index contributed by atoms with van der Waals surface area (Å²) >= 11 is 0. The van der Waals surface area contributed by atoms with Crippen molar-refractivity contribution in [2.45, 2.75) is 39.5 Å². The predicted molar refractivity (Wildman–Crippen MR) is 83.1 cm³/mol. The number of fused-ring (bicyclic) bond motifs is 1. The molecule has 2 rings (SSSR count). The molecule has 1 atom stereocenters. The van der Waals surface area contributed by atoms with E-state index in [9.17, 15) is 0 Å². The first-order chi connectivity index (χ1) is 9.40. The first-order valence-electron chi connectivity index (χ1n) is 6.98. The number of para-hydroxylation sites is 1. The van der Waals surface area contributed by atoms with Gasteiger partial charge in [-0.1, -0.05) is 6.07 Å². The number of nitrogens with zero attached hydrogens (tertiary/aromatic N) is 3. The van der Waals surface area contributed by atoms with E-state index in [4.69, 9.17) is 10.5 Å². The van der Waals surface area contributed by atoms with Gasteiger partial charge >= 0.3 is 0 Å². The maximum atomic E-state index is 6.08. The van der Waals surface area contributed by atoms with Gasteiger partial charge in [-0.05, 0) is 47.0 Å². The number of likely N-dealkylation sites (N-methyl/N-ethyl adjacent to an activating group) is 1. The van der Waals surface area contributed by atoms with Crippen molar-refractivity contribution in [1.82, 2.24) is 14.5 Å². The molecule has 0 saturated heterocycles. The van der Waals surface area contributed by atoms with Crippen LogP contribution in [-0.4, -0.2) is 40.7 Å². The SMILES string of the molecule is CC(C)Oc1cccc2c1nc(N)n2CC(C)N(C)C. The first-order valence-corrected chi connectivity index (χ1v) is 6.98.